The van der Waals surface area contributed by atoms with Crippen LogP contribution in [0.3, 0.4) is 0 Å². The molecule has 1 aromatic heterocycles. The summed E-state index contributed by atoms with van der Waals surface area (Å²) in [7, 11) is 0. The second-order valence-corrected chi connectivity index (χ2v) is 5.38. The summed E-state index contributed by atoms with van der Waals surface area (Å²) in [6.45, 7) is -0.0314. The van der Waals surface area contributed by atoms with Crippen LogP contribution in [0.1, 0.15) is 12.8 Å². The first-order valence-corrected chi connectivity index (χ1v) is 6.69. The zero-order valence-corrected chi connectivity index (χ0v) is 11.5. The molecule has 1 amide bonds. The molecular formula is C14H13N3O5. The van der Waals surface area contributed by atoms with E-state index < -0.39 is 22.3 Å². The minimum Gasteiger partial charge on any atom is -0.480 e. The lowest BCUT2D eigenvalue weighted by Gasteiger charge is -2.13. The molecule has 2 aromatic rings. The Bertz CT molecular complexity index is 791. The number of aromatic nitrogens is 1. The smallest absolute Gasteiger partial charge is 0.329 e. The summed E-state index contributed by atoms with van der Waals surface area (Å²) < 4.78 is 1.63. The maximum Gasteiger partial charge on any atom is 0.329 e. The molecule has 1 heterocycles. The highest BCUT2D eigenvalue weighted by Crippen LogP contribution is 2.35. The number of carbonyl (C=O) groups excluding carboxylic acids is 1. The van der Waals surface area contributed by atoms with E-state index >= 15 is 0 Å². The predicted molar refractivity (Wildman–Crippen MR) is 76.3 cm³/mol. The number of benzene rings is 1. The zero-order chi connectivity index (χ0) is 15.9. The second-order valence-electron chi connectivity index (χ2n) is 5.38. The number of fused-ring (bicyclic) bond motifs is 1. The van der Waals surface area contributed by atoms with Crippen molar-refractivity contribution in [2.45, 2.75) is 24.9 Å². The third kappa shape index (κ3) is 2.39. The molecule has 0 saturated heterocycles. The van der Waals surface area contributed by atoms with E-state index in [0.29, 0.717) is 23.7 Å². The summed E-state index contributed by atoms with van der Waals surface area (Å²) in [6, 6.07) is 6.06. The van der Waals surface area contributed by atoms with Crippen molar-refractivity contribution in [3.63, 3.8) is 0 Å². The molecule has 3 rings (SSSR count). The van der Waals surface area contributed by atoms with Gasteiger partial charge in [-0.05, 0) is 25.0 Å². The number of carbonyl (C=O) groups is 2. The van der Waals surface area contributed by atoms with Crippen LogP contribution in [-0.2, 0) is 16.1 Å². The highest BCUT2D eigenvalue weighted by Gasteiger charge is 2.51. The second kappa shape index (κ2) is 4.83. The Morgan fingerprint density at radius 3 is 2.68 bits per heavy atom. The molecule has 8 nitrogen and oxygen atoms in total. The first-order chi connectivity index (χ1) is 10.4. The maximum atomic E-state index is 12.0. The van der Waals surface area contributed by atoms with Crippen molar-refractivity contribution < 1.29 is 19.6 Å². The standard InChI is InChI=1S/C14H13N3O5/c18-12(15-14(4-5-14)13(19)20)8-16-6-3-9-7-10(17(21)22)1-2-11(9)16/h1-3,6-7H,4-5,8H2,(H,15,18)(H,19,20). The number of amides is 1. The average Bonchev–Trinajstić information content (AvgIpc) is 3.14. The van der Waals surface area contributed by atoms with Crippen LogP contribution in [-0.4, -0.2) is 32.0 Å². The lowest BCUT2D eigenvalue weighted by molar-refractivity contribution is -0.384. The van der Waals surface area contributed by atoms with Gasteiger partial charge < -0.3 is 15.0 Å². The number of nitrogens with one attached hydrogen (secondary N) is 1. The van der Waals surface area contributed by atoms with Crippen molar-refractivity contribution in [1.29, 1.82) is 0 Å². The van der Waals surface area contributed by atoms with Gasteiger partial charge in [0.15, 0.2) is 0 Å². The van der Waals surface area contributed by atoms with E-state index in [1.54, 1.807) is 22.9 Å². The molecule has 8 heteroatoms. The largest absolute Gasteiger partial charge is 0.480 e. The molecule has 22 heavy (non-hydrogen) atoms. The summed E-state index contributed by atoms with van der Waals surface area (Å²) in [5, 5.41) is 23.0. The van der Waals surface area contributed by atoms with E-state index in [2.05, 4.69) is 5.32 Å². The van der Waals surface area contributed by atoms with Crippen molar-refractivity contribution in [1.82, 2.24) is 9.88 Å². The molecule has 1 aliphatic rings. The van der Waals surface area contributed by atoms with Crippen LogP contribution >= 0.6 is 0 Å². The number of nitrogens with zero attached hydrogens (tertiary/aromatic N) is 2. The first kappa shape index (κ1) is 14.1. The molecule has 0 atom stereocenters. The Morgan fingerprint density at radius 2 is 2.09 bits per heavy atom. The van der Waals surface area contributed by atoms with E-state index in [4.69, 9.17) is 5.11 Å². The maximum absolute atomic E-state index is 12.0. The fourth-order valence-corrected chi connectivity index (χ4v) is 2.42. The third-order valence-corrected chi connectivity index (χ3v) is 3.82. The Morgan fingerprint density at radius 1 is 1.36 bits per heavy atom. The fraction of sp³-hybridized carbons (Fsp3) is 0.286. The van der Waals surface area contributed by atoms with Crippen molar-refractivity contribution in [2.24, 2.45) is 0 Å². The molecule has 2 N–H and O–H groups in total. The summed E-state index contributed by atoms with van der Waals surface area (Å²) in [6.07, 6.45) is 2.52. The average molecular weight is 303 g/mol. The van der Waals surface area contributed by atoms with Crippen molar-refractivity contribution in [3.05, 3.63) is 40.6 Å². The van der Waals surface area contributed by atoms with Gasteiger partial charge in [0.05, 0.1) is 4.92 Å². The van der Waals surface area contributed by atoms with E-state index in [1.807, 2.05) is 0 Å². The van der Waals surface area contributed by atoms with Gasteiger partial charge in [0.25, 0.3) is 5.69 Å². The Balaban J connectivity index is 1.78. The van der Waals surface area contributed by atoms with Gasteiger partial charge in [0, 0.05) is 29.2 Å². The lowest BCUT2D eigenvalue weighted by atomic mass is 10.2. The van der Waals surface area contributed by atoms with Gasteiger partial charge in [-0.3, -0.25) is 14.9 Å². The van der Waals surface area contributed by atoms with Crippen LogP contribution in [0.2, 0.25) is 0 Å². The molecule has 0 radical (unpaired) electrons. The monoisotopic (exact) mass is 303 g/mol. The number of hydrogen-bond donors (Lipinski definition) is 2. The highest BCUT2D eigenvalue weighted by molar-refractivity contribution is 5.90. The molecule has 1 fully saturated rings. The molecular weight excluding hydrogens is 290 g/mol. The molecule has 0 aliphatic heterocycles. The van der Waals surface area contributed by atoms with Crippen molar-refractivity contribution in [3.8, 4) is 0 Å². The Hall–Kier alpha value is -2.90. The van der Waals surface area contributed by atoms with Crippen LogP contribution in [0, 0.1) is 10.1 Å². The fourth-order valence-electron chi connectivity index (χ4n) is 2.42. The van der Waals surface area contributed by atoms with Gasteiger partial charge in [0.1, 0.15) is 12.1 Å². The first-order valence-electron chi connectivity index (χ1n) is 6.69. The minimum atomic E-state index is -1.11. The molecule has 0 unspecified atom stereocenters. The van der Waals surface area contributed by atoms with Crippen LogP contribution < -0.4 is 5.32 Å². The van der Waals surface area contributed by atoms with Crippen LogP contribution in [0.4, 0.5) is 5.69 Å². The number of carboxylic acids is 1. The zero-order valence-electron chi connectivity index (χ0n) is 11.5. The van der Waals surface area contributed by atoms with Gasteiger partial charge in [-0.15, -0.1) is 0 Å². The van der Waals surface area contributed by atoms with E-state index in [-0.39, 0.29) is 12.2 Å². The van der Waals surface area contributed by atoms with E-state index in [9.17, 15) is 19.7 Å². The van der Waals surface area contributed by atoms with Crippen molar-refractivity contribution >= 4 is 28.5 Å². The molecule has 1 aromatic carbocycles. The SMILES string of the molecule is O=C(Cn1ccc2cc([N+](=O)[O-])ccc21)NC1(C(=O)O)CC1. The van der Waals surface area contributed by atoms with Gasteiger partial charge >= 0.3 is 5.97 Å². The molecule has 0 bridgehead atoms. The molecule has 1 aliphatic carbocycles. The Kier molecular flexibility index (Phi) is 3.09. The van der Waals surface area contributed by atoms with Gasteiger partial charge in [-0.1, -0.05) is 0 Å². The van der Waals surface area contributed by atoms with Gasteiger partial charge in [0.2, 0.25) is 5.91 Å². The number of aliphatic carboxylic acids is 1. The number of rotatable bonds is 5. The number of nitro benzene ring substituents is 1. The number of nitro groups is 1. The van der Waals surface area contributed by atoms with Gasteiger partial charge in [-0.2, -0.15) is 0 Å². The van der Waals surface area contributed by atoms with Crippen molar-refractivity contribution in [2.75, 3.05) is 0 Å². The van der Waals surface area contributed by atoms with E-state index in [1.165, 1.54) is 12.1 Å². The van der Waals surface area contributed by atoms with Crippen LogP contribution in [0.15, 0.2) is 30.5 Å². The van der Waals surface area contributed by atoms with Crippen LogP contribution in [0.5, 0.6) is 0 Å². The number of carboxylic acid groups (broad SMARTS) is 1. The molecule has 0 spiro atoms. The molecule has 114 valence electrons. The third-order valence-electron chi connectivity index (χ3n) is 3.82. The quantitative estimate of drug-likeness (QED) is 0.638. The highest BCUT2D eigenvalue weighted by atomic mass is 16.6. The number of non-ortho nitro benzene ring substituents is 1. The topological polar surface area (TPSA) is 114 Å². The summed E-state index contributed by atoms with van der Waals surface area (Å²) in [5.74, 6) is -1.41. The summed E-state index contributed by atoms with van der Waals surface area (Å²) >= 11 is 0. The Labute approximate surface area is 124 Å². The van der Waals surface area contributed by atoms with Crippen LogP contribution in [0.25, 0.3) is 10.9 Å². The normalized spacial score (nSPS) is 15.5. The lowest BCUT2D eigenvalue weighted by Crippen LogP contribution is -2.44. The van der Waals surface area contributed by atoms with Gasteiger partial charge in [-0.25, -0.2) is 4.79 Å². The summed E-state index contributed by atoms with van der Waals surface area (Å²) in [4.78, 5) is 33.3. The minimum absolute atomic E-state index is 0.0162. The number of hydrogen-bond acceptors (Lipinski definition) is 4. The summed E-state index contributed by atoms with van der Waals surface area (Å²) in [5.41, 5.74) is -0.447. The van der Waals surface area contributed by atoms with E-state index in [0.717, 1.165) is 0 Å². The molecule has 1 saturated carbocycles. The predicted octanol–water partition coefficient (Wildman–Crippen LogP) is 1.28.